The number of benzene rings is 1. The second-order valence-corrected chi connectivity index (χ2v) is 4.42. The Kier molecular flexibility index (Phi) is 4.33. The van der Waals surface area contributed by atoms with Crippen LogP contribution < -0.4 is 9.47 Å². The van der Waals surface area contributed by atoms with Crippen molar-refractivity contribution in [1.82, 2.24) is 0 Å². The first kappa shape index (κ1) is 14.0. The average Bonchev–Trinajstić information content (AvgIpc) is 2.37. The third-order valence-corrected chi connectivity index (χ3v) is 2.84. The summed E-state index contributed by atoms with van der Waals surface area (Å²) < 4.78 is 10.3. The molecule has 1 aromatic rings. The minimum Gasteiger partial charge on any atom is -0.497 e. The van der Waals surface area contributed by atoms with Gasteiger partial charge in [-0.1, -0.05) is 0 Å². The monoisotopic (exact) mass is 247 g/mol. The number of hydrogen-bond acceptors (Lipinski definition) is 4. The maximum atomic E-state index is 11.3. The molecule has 0 heterocycles. The Morgan fingerprint density at radius 1 is 1.28 bits per heavy atom. The molecule has 0 aliphatic rings. The number of ether oxygens (including phenoxy) is 2. The number of methoxy groups -OCH3 is 2. The van der Waals surface area contributed by atoms with Crippen molar-refractivity contribution in [2.45, 2.75) is 25.7 Å². The van der Waals surface area contributed by atoms with Crippen LogP contribution in [0.25, 0.3) is 0 Å². The zero-order valence-electron chi connectivity index (χ0n) is 11.1. The minimum atomic E-state index is -0.867. The summed E-state index contributed by atoms with van der Waals surface area (Å²) in [7, 11) is 3.10. The lowest BCUT2D eigenvalue weighted by molar-refractivity contribution is -0.117. The molecule has 0 saturated heterocycles. The fraction of sp³-hybridized carbons (Fsp3) is 0.429. The highest BCUT2D eigenvalue weighted by Crippen LogP contribution is 2.33. The predicted molar refractivity (Wildman–Crippen MR) is 67.8 cm³/mol. The maximum Gasteiger partial charge on any atom is 0.131 e. The van der Waals surface area contributed by atoms with E-state index in [1.165, 1.54) is 6.92 Å². The summed E-state index contributed by atoms with van der Waals surface area (Å²) in [4.78, 5) is 11.3. The van der Waals surface area contributed by atoms with Crippen molar-refractivity contribution in [3.63, 3.8) is 0 Å². The van der Waals surface area contributed by atoms with Gasteiger partial charge in [-0.25, -0.2) is 0 Å². The number of nitriles is 1. The zero-order chi connectivity index (χ0) is 13.8. The van der Waals surface area contributed by atoms with E-state index in [1.807, 2.05) is 0 Å². The molecule has 1 aromatic carbocycles. The van der Waals surface area contributed by atoms with Crippen molar-refractivity contribution < 1.29 is 14.3 Å². The van der Waals surface area contributed by atoms with Crippen LogP contribution >= 0.6 is 0 Å². The molecule has 0 aromatic heterocycles. The van der Waals surface area contributed by atoms with E-state index < -0.39 is 5.41 Å². The highest BCUT2D eigenvalue weighted by molar-refractivity contribution is 5.78. The summed E-state index contributed by atoms with van der Waals surface area (Å²) in [6, 6.07) is 7.45. The van der Waals surface area contributed by atoms with Gasteiger partial charge in [-0.3, -0.25) is 4.79 Å². The molecule has 18 heavy (non-hydrogen) atoms. The van der Waals surface area contributed by atoms with E-state index in [4.69, 9.17) is 9.47 Å². The molecule has 4 nitrogen and oxygen atoms in total. The summed E-state index contributed by atoms with van der Waals surface area (Å²) >= 11 is 0. The Balaban J connectivity index is 3.29. The molecule has 1 unspecified atom stereocenters. The van der Waals surface area contributed by atoms with Crippen LogP contribution in [-0.4, -0.2) is 20.0 Å². The lowest BCUT2D eigenvalue weighted by Crippen LogP contribution is -2.23. The number of Topliss-reactive ketones (excluding diaryl/α,β-unsaturated/α-hetero) is 1. The lowest BCUT2D eigenvalue weighted by Gasteiger charge is -2.22. The van der Waals surface area contributed by atoms with Crippen molar-refractivity contribution >= 4 is 5.78 Å². The Morgan fingerprint density at radius 2 is 1.78 bits per heavy atom. The molecule has 0 amide bonds. The lowest BCUT2D eigenvalue weighted by atomic mass is 9.79. The van der Waals surface area contributed by atoms with Gasteiger partial charge in [0.1, 0.15) is 17.3 Å². The van der Waals surface area contributed by atoms with Crippen LogP contribution in [0.5, 0.6) is 11.5 Å². The first-order chi connectivity index (χ1) is 8.45. The van der Waals surface area contributed by atoms with Gasteiger partial charge < -0.3 is 9.47 Å². The van der Waals surface area contributed by atoms with Crippen molar-refractivity contribution in [1.29, 1.82) is 5.26 Å². The fourth-order valence-electron chi connectivity index (χ4n) is 1.83. The van der Waals surface area contributed by atoms with Gasteiger partial charge in [0.05, 0.1) is 25.7 Å². The topological polar surface area (TPSA) is 59.3 Å². The SMILES string of the molecule is COc1cc(OC)cc(C(C)(C#N)CC(C)=O)c1. The molecule has 0 radical (unpaired) electrons. The van der Waals surface area contributed by atoms with Gasteiger partial charge in [0, 0.05) is 12.5 Å². The van der Waals surface area contributed by atoms with Gasteiger partial charge in [0.25, 0.3) is 0 Å². The second-order valence-electron chi connectivity index (χ2n) is 4.42. The molecule has 96 valence electrons. The van der Waals surface area contributed by atoms with Gasteiger partial charge in [-0.05, 0) is 31.5 Å². The van der Waals surface area contributed by atoms with E-state index in [0.717, 1.165) is 5.56 Å². The molecular weight excluding hydrogens is 230 g/mol. The smallest absolute Gasteiger partial charge is 0.131 e. The molecule has 4 heteroatoms. The summed E-state index contributed by atoms with van der Waals surface area (Å²) in [5.41, 5.74) is -0.149. The van der Waals surface area contributed by atoms with Crippen LogP contribution in [-0.2, 0) is 10.2 Å². The molecule has 0 saturated carbocycles. The van der Waals surface area contributed by atoms with E-state index in [0.29, 0.717) is 11.5 Å². The minimum absolute atomic E-state index is 0.0270. The molecule has 1 rings (SSSR count). The third-order valence-electron chi connectivity index (χ3n) is 2.84. The molecular formula is C14H17NO3. The Morgan fingerprint density at radius 3 is 2.11 bits per heavy atom. The Labute approximate surface area is 107 Å². The molecule has 0 spiro atoms. The van der Waals surface area contributed by atoms with Gasteiger partial charge in [0.2, 0.25) is 0 Å². The molecule has 0 aliphatic heterocycles. The van der Waals surface area contributed by atoms with E-state index >= 15 is 0 Å². The normalized spacial score (nSPS) is 13.3. The van der Waals surface area contributed by atoms with Gasteiger partial charge in [0.15, 0.2) is 0 Å². The largest absolute Gasteiger partial charge is 0.497 e. The second kappa shape index (κ2) is 5.54. The van der Waals surface area contributed by atoms with Crippen LogP contribution in [0, 0.1) is 11.3 Å². The number of carbonyl (C=O) groups is 1. The summed E-state index contributed by atoms with van der Waals surface area (Å²) in [5.74, 6) is 1.18. The highest BCUT2D eigenvalue weighted by atomic mass is 16.5. The van der Waals surface area contributed by atoms with Crippen LogP contribution in [0.4, 0.5) is 0 Å². The average molecular weight is 247 g/mol. The number of carbonyl (C=O) groups excluding carboxylic acids is 1. The Hall–Kier alpha value is -2.02. The molecule has 0 aliphatic carbocycles. The number of nitrogens with zero attached hydrogens (tertiary/aromatic N) is 1. The quantitative estimate of drug-likeness (QED) is 0.802. The molecule has 0 fully saturated rings. The van der Waals surface area contributed by atoms with Crippen LogP contribution in [0.2, 0.25) is 0 Å². The van der Waals surface area contributed by atoms with Crippen LogP contribution in [0.15, 0.2) is 18.2 Å². The van der Waals surface area contributed by atoms with Gasteiger partial charge in [-0.15, -0.1) is 0 Å². The van der Waals surface area contributed by atoms with Crippen molar-refractivity contribution in [3.8, 4) is 17.6 Å². The van der Waals surface area contributed by atoms with E-state index in [-0.39, 0.29) is 12.2 Å². The zero-order valence-corrected chi connectivity index (χ0v) is 11.1. The Bertz CT molecular complexity index is 468. The van der Waals surface area contributed by atoms with Gasteiger partial charge >= 0.3 is 0 Å². The van der Waals surface area contributed by atoms with Crippen LogP contribution in [0.1, 0.15) is 25.8 Å². The number of ketones is 1. The van der Waals surface area contributed by atoms with E-state index in [1.54, 1.807) is 39.3 Å². The van der Waals surface area contributed by atoms with E-state index in [2.05, 4.69) is 6.07 Å². The van der Waals surface area contributed by atoms with Crippen LogP contribution in [0.3, 0.4) is 0 Å². The first-order valence-electron chi connectivity index (χ1n) is 5.59. The summed E-state index contributed by atoms with van der Waals surface area (Å²) in [6.45, 7) is 3.22. The molecule has 1 atom stereocenters. The first-order valence-corrected chi connectivity index (χ1v) is 5.59. The fourth-order valence-corrected chi connectivity index (χ4v) is 1.83. The van der Waals surface area contributed by atoms with Crippen molar-refractivity contribution in [3.05, 3.63) is 23.8 Å². The van der Waals surface area contributed by atoms with E-state index in [9.17, 15) is 10.1 Å². The summed E-state index contributed by atoms with van der Waals surface area (Å²) in [5, 5.41) is 9.33. The maximum absolute atomic E-state index is 11.3. The third kappa shape index (κ3) is 3.01. The van der Waals surface area contributed by atoms with Gasteiger partial charge in [-0.2, -0.15) is 5.26 Å². The number of hydrogen-bond donors (Lipinski definition) is 0. The van der Waals surface area contributed by atoms with Crippen molar-refractivity contribution in [2.24, 2.45) is 0 Å². The summed E-state index contributed by atoms with van der Waals surface area (Å²) in [6.07, 6.45) is 0.166. The molecule has 0 N–H and O–H groups in total. The highest BCUT2D eigenvalue weighted by Gasteiger charge is 2.29. The number of rotatable bonds is 5. The standard InChI is InChI=1S/C14H17NO3/c1-10(16)8-14(2,9-15)11-5-12(17-3)7-13(6-11)18-4/h5-7H,8H2,1-4H3. The molecule has 0 bridgehead atoms. The van der Waals surface area contributed by atoms with Crippen molar-refractivity contribution in [2.75, 3.05) is 14.2 Å². The predicted octanol–water partition coefficient (Wildman–Crippen LogP) is 2.46.